The number of nitrogens with zero attached hydrogens (tertiary/aromatic N) is 2. The van der Waals surface area contributed by atoms with Crippen molar-refractivity contribution in [1.29, 1.82) is 0 Å². The third-order valence-corrected chi connectivity index (χ3v) is 4.12. The molecule has 5 heteroatoms. The summed E-state index contributed by atoms with van der Waals surface area (Å²) in [4.78, 5) is 28.3. The van der Waals surface area contributed by atoms with Crippen LogP contribution in [0.4, 0.5) is 0 Å². The predicted molar refractivity (Wildman–Crippen MR) is 89.7 cm³/mol. The minimum absolute atomic E-state index is 0.0545. The Morgan fingerprint density at radius 2 is 1.50 bits per heavy atom. The molecule has 0 heterocycles. The summed E-state index contributed by atoms with van der Waals surface area (Å²) in [5.41, 5.74) is 0. The fourth-order valence-corrected chi connectivity index (χ4v) is 2.49. The molecule has 130 valence electrons. The van der Waals surface area contributed by atoms with E-state index in [-0.39, 0.29) is 24.2 Å². The molecule has 0 bridgehead atoms. The maximum Gasteiger partial charge on any atom is 0.307 e. The molecule has 0 N–H and O–H groups in total. The highest BCUT2D eigenvalue weighted by Crippen LogP contribution is 2.12. The lowest BCUT2D eigenvalue weighted by atomic mass is 10.0. The second kappa shape index (κ2) is 12.4. The van der Waals surface area contributed by atoms with E-state index in [1.807, 2.05) is 18.7 Å². The third-order valence-electron chi connectivity index (χ3n) is 4.12. The van der Waals surface area contributed by atoms with Gasteiger partial charge in [0.15, 0.2) is 0 Å². The summed E-state index contributed by atoms with van der Waals surface area (Å²) < 4.78 is 4.97. The van der Waals surface area contributed by atoms with Gasteiger partial charge in [0.2, 0.25) is 5.91 Å². The molecule has 0 aromatic rings. The summed E-state index contributed by atoms with van der Waals surface area (Å²) in [6.45, 7) is 14.4. The molecular weight excluding hydrogens is 280 g/mol. The number of ether oxygens (including phenoxy) is 1. The molecule has 0 fully saturated rings. The summed E-state index contributed by atoms with van der Waals surface area (Å²) in [5.74, 6) is -0.00645. The highest BCUT2D eigenvalue weighted by Gasteiger charge is 2.22. The van der Waals surface area contributed by atoms with Gasteiger partial charge in [-0.1, -0.05) is 27.7 Å². The second-order valence-corrected chi connectivity index (χ2v) is 5.42. The van der Waals surface area contributed by atoms with Gasteiger partial charge in [0.05, 0.1) is 13.0 Å². The number of hydrogen-bond donors (Lipinski definition) is 0. The zero-order valence-corrected chi connectivity index (χ0v) is 15.1. The Morgan fingerprint density at radius 3 is 1.95 bits per heavy atom. The Bertz CT molecular complexity index is 313. The number of carbonyl (C=O) groups is 2. The van der Waals surface area contributed by atoms with Gasteiger partial charge in [-0.25, -0.2) is 0 Å². The minimum atomic E-state index is -0.229. The van der Waals surface area contributed by atoms with E-state index in [1.54, 1.807) is 6.92 Å². The van der Waals surface area contributed by atoms with Crippen LogP contribution >= 0.6 is 0 Å². The van der Waals surface area contributed by atoms with Crippen molar-refractivity contribution in [1.82, 2.24) is 9.80 Å². The monoisotopic (exact) mass is 314 g/mol. The number of esters is 1. The van der Waals surface area contributed by atoms with E-state index in [1.165, 1.54) is 0 Å². The van der Waals surface area contributed by atoms with Crippen molar-refractivity contribution in [3.05, 3.63) is 0 Å². The molecule has 0 atom stereocenters. The minimum Gasteiger partial charge on any atom is -0.466 e. The maximum absolute atomic E-state index is 12.6. The molecule has 0 aromatic carbocycles. The first-order valence-electron chi connectivity index (χ1n) is 8.70. The Labute approximate surface area is 136 Å². The van der Waals surface area contributed by atoms with Crippen molar-refractivity contribution in [3.8, 4) is 0 Å². The quantitative estimate of drug-likeness (QED) is 0.519. The molecule has 0 saturated heterocycles. The van der Waals surface area contributed by atoms with E-state index >= 15 is 0 Å². The van der Waals surface area contributed by atoms with Crippen molar-refractivity contribution >= 4 is 11.9 Å². The zero-order chi connectivity index (χ0) is 17.0. The number of hydrogen-bond acceptors (Lipinski definition) is 4. The van der Waals surface area contributed by atoms with Crippen LogP contribution in [-0.2, 0) is 14.3 Å². The Kier molecular flexibility index (Phi) is 11.8. The number of rotatable bonds is 12. The molecule has 0 unspecified atom stereocenters. The lowest BCUT2D eigenvalue weighted by Gasteiger charge is -2.29. The SMILES string of the molecule is CCOC(=O)CCN(CCN(CC)CC)C(=O)C(CC)CC. The lowest BCUT2D eigenvalue weighted by molar-refractivity contribution is -0.144. The average Bonchev–Trinajstić information content (AvgIpc) is 2.52. The third kappa shape index (κ3) is 7.78. The molecule has 0 aromatic heterocycles. The number of amides is 1. The van der Waals surface area contributed by atoms with Gasteiger partial charge in [0.1, 0.15) is 0 Å². The van der Waals surface area contributed by atoms with Crippen LogP contribution in [0.25, 0.3) is 0 Å². The molecule has 0 aliphatic carbocycles. The molecule has 0 aliphatic rings. The standard InChI is InChI=1S/C17H34N2O3/c1-6-15(7-2)17(21)19(12-11-16(20)22-10-5)14-13-18(8-3)9-4/h15H,6-14H2,1-5H3. The maximum atomic E-state index is 12.6. The average molecular weight is 314 g/mol. The number of likely N-dealkylation sites (N-methyl/N-ethyl adjacent to an activating group) is 1. The summed E-state index contributed by atoms with van der Waals surface area (Å²) >= 11 is 0. The molecule has 0 spiro atoms. The van der Waals surface area contributed by atoms with E-state index in [4.69, 9.17) is 4.74 Å². The van der Waals surface area contributed by atoms with E-state index in [9.17, 15) is 9.59 Å². The van der Waals surface area contributed by atoms with Crippen molar-refractivity contribution in [2.24, 2.45) is 5.92 Å². The van der Waals surface area contributed by atoms with Gasteiger partial charge in [-0.05, 0) is 32.9 Å². The second-order valence-electron chi connectivity index (χ2n) is 5.42. The van der Waals surface area contributed by atoms with Gasteiger partial charge in [-0.15, -0.1) is 0 Å². The van der Waals surface area contributed by atoms with E-state index < -0.39 is 0 Å². The first kappa shape index (κ1) is 20.9. The van der Waals surface area contributed by atoms with Crippen molar-refractivity contribution in [3.63, 3.8) is 0 Å². The van der Waals surface area contributed by atoms with Crippen LogP contribution < -0.4 is 0 Å². The smallest absolute Gasteiger partial charge is 0.307 e. The van der Waals surface area contributed by atoms with Gasteiger partial charge in [-0.3, -0.25) is 9.59 Å². The Hall–Kier alpha value is -1.10. The van der Waals surface area contributed by atoms with Crippen LogP contribution in [0.2, 0.25) is 0 Å². The highest BCUT2D eigenvalue weighted by molar-refractivity contribution is 5.79. The molecule has 5 nitrogen and oxygen atoms in total. The largest absolute Gasteiger partial charge is 0.466 e. The van der Waals surface area contributed by atoms with Crippen LogP contribution in [-0.4, -0.2) is 61.0 Å². The van der Waals surface area contributed by atoms with E-state index in [0.717, 1.165) is 32.5 Å². The summed E-state index contributed by atoms with van der Waals surface area (Å²) in [5, 5.41) is 0. The Balaban J connectivity index is 4.67. The fraction of sp³-hybridized carbons (Fsp3) is 0.882. The molecular formula is C17H34N2O3. The first-order valence-corrected chi connectivity index (χ1v) is 8.70. The Morgan fingerprint density at radius 1 is 0.909 bits per heavy atom. The van der Waals surface area contributed by atoms with Crippen LogP contribution in [0.5, 0.6) is 0 Å². The summed E-state index contributed by atoms with van der Waals surface area (Å²) in [6, 6.07) is 0. The van der Waals surface area contributed by atoms with Crippen molar-refractivity contribution < 1.29 is 14.3 Å². The molecule has 0 aliphatic heterocycles. The van der Waals surface area contributed by atoms with Gasteiger partial charge in [0, 0.05) is 25.6 Å². The number of carbonyl (C=O) groups excluding carboxylic acids is 2. The van der Waals surface area contributed by atoms with Crippen molar-refractivity contribution in [2.75, 3.05) is 39.3 Å². The predicted octanol–water partition coefficient (Wildman–Crippen LogP) is 2.55. The topological polar surface area (TPSA) is 49.9 Å². The van der Waals surface area contributed by atoms with E-state index in [0.29, 0.717) is 19.7 Å². The highest BCUT2D eigenvalue weighted by atomic mass is 16.5. The van der Waals surface area contributed by atoms with Gasteiger partial charge < -0.3 is 14.5 Å². The van der Waals surface area contributed by atoms with Gasteiger partial charge >= 0.3 is 5.97 Å². The molecule has 22 heavy (non-hydrogen) atoms. The van der Waals surface area contributed by atoms with Crippen LogP contribution in [0.3, 0.4) is 0 Å². The molecule has 0 rings (SSSR count). The fourth-order valence-electron chi connectivity index (χ4n) is 2.49. The molecule has 1 amide bonds. The van der Waals surface area contributed by atoms with Crippen molar-refractivity contribution in [2.45, 2.75) is 53.9 Å². The first-order chi connectivity index (χ1) is 10.5. The summed E-state index contributed by atoms with van der Waals surface area (Å²) in [6.07, 6.45) is 1.96. The van der Waals surface area contributed by atoms with Crippen LogP contribution in [0, 0.1) is 5.92 Å². The van der Waals surface area contributed by atoms with Gasteiger partial charge in [0.25, 0.3) is 0 Å². The molecule has 0 radical (unpaired) electrons. The zero-order valence-electron chi connectivity index (χ0n) is 15.1. The van der Waals surface area contributed by atoms with Gasteiger partial charge in [-0.2, -0.15) is 0 Å². The van der Waals surface area contributed by atoms with Crippen LogP contribution in [0.15, 0.2) is 0 Å². The van der Waals surface area contributed by atoms with E-state index in [2.05, 4.69) is 18.7 Å². The normalized spacial score (nSPS) is 11.0. The lowest BCUT2D eigenvalue weighted by Crippen LogP contribution is -2.42. The van der Waals surface area contributed by atoms with Crippen LogP contribution in [0.1, 0.15) is 53.9 Å². The summed E-state index contributed by atoms with van der Waals surface area (Å²) in [7, 11) is 0. The molecule has 0 saturated carbocycles.